The van der Waals surface area contributed by atoms with Crippen molar-refractivity contribution in [1.82, 2.24) is 5.32 Å². The minimum atomic E-state index is -0.161. The zero-order chi connectivity index (χ0) is 19.8. The molecule has 0 saturated carbocycles. The van der Waals surface area contributed by atoms with Crippen molar-refractivity contribution < 1.29 is 14.3 Å². The van der Waals surface area contributed by atoms with Crippen LogP contribution < -0.4 is 20.5 Å². The van der Waals surface area contributed by atoms with Crippen LogP contribution in [0.4, 0.5) is 0 Å². The molecule has 6 heteroatoms. The molecule has 0 aliphatic heterocycles. The van der Waals surface area contributed by atoms with Crippen LogP contribution >= 0.6 is 12.4 Å². The molecule has 0 saturated heterocycles. The second-order valence-electron chi connectivity index (χ2n) is 6.88. The lowest BCUT2D eigenvalue weighted by Crippen LogP contribution is -2.31. The number of amides is 1. The maximum atomic E-state index is 12.5. The lowest BCUT2D eigenvalue weighted by atomic mass is 9.95. The second-order valence-corrected chi connectivity index (χ2v) is 6.88. The van der Waals surface area contributed by atoms with Gasteiger partial charge in [0.05, 0.1) is 20.3 Å². The highest BCUT2D eigenvalue weighted by Crippen LogP contribution is 2.31. The average Bonchev–Trinajstić information content (AvgIpc) is 2.66. The van der Waals surface area contributed by atoms with E-state index in [2.05, 4.69) is 24.4 Å². The highest BCUT2D eigenvalue weighted by molar-refractivity contribution is 5.85. The molecule has 154 valence electrons. The molecule has 2 rings (SSSR count). The lowest BCUT2D eigenvalue weighted by molar-refractivity contribution is -0.122. The molecule has 0 radical (unpaired) electrons. The Labute approximate surface area is 174 Å². The van der Waals surface area contributed by atoms with Gasteiger partial charge in [-0.25, -0.2) is 0 Å². The minimum Gasteiger partial charge on any atom is -0.493 e. The van der Waals surface area contributed by atoms with Gasteiger partial charge in [-0.1, -0.05) is 30.3 Å². The Morgan fingerprint density at radius 3 is 2.39 bits per heavy atom. The quantitative estimate of drug-likeness (QED) is 0.661. The van der Waals surface area contributed by atoms with E-state index in [-0.39, 0.29) is 30.4 Å². The van der Waals surface area contributed by atoms with E-state index in [0.717, 1.165) is 5.56 Å². The molecular weight excluding hydrogens is 376 g/mol. The van der Waals surface area contributed by atoms with E-state index in [1.54, 1.807) is 14.2 Å². The topological polar surface area (TPSA) is 73.6 Å². The molecule has 0 aromatic heterocycles. The smallest absolute Gasteiger partial charge is 0.220 e. The standard InChI is InChI=1S/C22H30N2O3.ClH/c1-15-7-5-6-8-17(15)13-19(24-22(25)12-9-16(2)23)18-10-11-20(26-3)21(14-18)27-4;/h5-8,10-11,14,16,19H,9,12-13,23H2,1-4H3,(H,24,25);1H. The molecule has 0 heterocycles. The normalized spacial score (nSPS) is 12.5. The van der Waals surface area contributed by atoms with Gasteiger partial charge in [0.2, 0.25) is 5.91 Å². The number of halogens is 1. The predicted molar refractivity (Wildman–Crippen MR) is 115 cm³/mol. The van der Waals surface area contributed by atoms with Gasteiger partial charge in [-0.2, -0.15) is 0 Å². The third kappa shape index (κ3) is 6.73. The van der Waals surface area contributed by atoms with Gasteiger partial charge in [0.15, 0.2) is 11.5 Å². The van der Waals surface area contributed by atoms with Crippen molar-refractivity contribution in [2.75, 3.05) is 14.2 Å². The van der Waals surface area contributed by atoms with Gasteiger partial charge in [-0.3, -0.25) is 4.79 Å². The highest BCUT2D eigenvalue weighted by atomic mass is 35.5. The van der Waals surface area contributed by atoms with Crippen LogP contribution in [0.15, 0.2) is 42.5 Å². The summed E-state index contributed by atoms with van der Waals surface area (Å²) in [5.41, 5.74) is 9.16. The summed E-state index contributed by atoms with van der Waals surface area (Å²) in [6.45, 7) is 3.99. The minimum absolute atomic E-state index is 0. The van der Waals surface area contributed by atoms with E-state index >= 15 is 0 Å². The number of hydrogen-bond acceptors (Lipinski definition) is 4. The summed E-state index contributed by atoms with van der Waals surface area (Å²) in [5, 5.41) is 3.16. The molecule has 2 aromatic rings. The average molecular weight is 407 g/mol. The van der Waals surface area contributed by atoms with Crippen molar-refractivity contribution >= 4 is 18.3 Å². The molecule has 5 nitrogen and oxygen atoms in total. The molecule has 0 fully saturated rings. The van der Waals surface area contributed by atoms with Gasteiger partial charge >= 0.3 is 0 Å². The summed E-state index contributed by atoms with van der Waals surface area (Å²) < 4.78 is 10.8. The summed E-state index contributed by atoms with van der Waals surface area (Å²) in [6, 6.07) is 13.8. The van der Waals surface area contributed by atoms with Gasteiger partial charge < -0.3 is 20.5 Å². The summed E-state index contributed by atoms with van der Waals surface area (Å²) in [7, 11) is 3.22. The maximum absolute atomic E-state index is 12.5. The number of rotatable bonds is 9. The molecule has 0 spiro atoms. The summed E-state index contributed by atoms with van der Waals surface area (Å²) in [4.78, 5) is 12.5. The molecule has 1 amide bonds. The lowest BCUT2D eigenvalue weighted by Gasteiger charge is -2.22. The number of aryl methyl sites for hydroxylation is 1. The summed E-state index contributed by atoms with van der Waals surface area (Å²) in [5.74, 6) is 1.31. The monoisotopic (exact) mass is 406 g/mol. The molecule has 0 aliphatic rings. The first-order valence-electron chi connectivity index (χ1n) is 9.26. The van der Waals surface area contributed by atoms with E-state index in [0.29, 0.717) is 30.8 Å². The van der Waals surface area contributed by atoms with Gasteiger partial charge in [0, 0.05) is 12.5 Å². The number of nitrogens with one attached hydrogen (secondary N) is 1. The number of ether oxygens (including phenoxy) is 2. The van der Waals surface area contributed by atoms with Crippen LogP contribution in [0.3, 0.4) is 0 Å². The predicted octanol–water partition coefficient (Wildman–Crippen LogP) is 3.96. The zero-order valence-electron chi connectivity index (χ0n) is 17.0. The van der Waals surface area contributed by atoms with Crippen molar-refractivity contribution in [3.8, 4) is 11.5 Å². The number of nitrogens with two attached hydrogens (primary N) is 1. The molecular formula is C22H31ClN2O3. The van der Waals surface area contributed by atoms with Crippen LogP contribution in [0.2, 0.25) is 0 Å². The first kappa shape index (κ1) is 23.8. The van der Waals surface area contributed by atoms with Gasteiger partial charge in [-0.05, 0) is 55.5 Å². The Hall–Kier alpha value is -2.24. The molecule has 0 aliphatic carbocycles. The molecule has 28 heavy (non-hydrogen) atoms. The highest BCUT2D eigenvalue weighted by Gasteiger charge is 2.18. The van der Waals surface area contributed by atoms with Crippen LogP contribution in [0.1, 0.15) is 42.5 Å². The number of carbonyl (C=O) groups is 1. The summed E-state index contributed by atoms with van der Waals surface area (Å²) >= 11 is 0. The first-order chi connectivity index (χ1) is 12.9. The SMILES string of the molecule is COc1ccc(C(Cc2ccccc2C)NC(=O)CCC(C)N)cc1OC.Cl. The van der Waals surface area contributed by atoms with E-state index < -0.39 is 0 Å². The fourth-order valence-electron chi connectivity index (χ4n) is 3.01. The maximum Gasteiger partial charge on any atom is 0.220 e. The third-order valence-corrected chi connectivity index (χ3v) is 4.66. The van der Waals surface area contributed by atoms with Crippen LogP contribution in [-0.2, 0) is 11.2 Å². The van der Waals surface area contributed by atoms with E-state index in [9.17, 15) is 4.79 Å². The van der Waals surface area contributed by atoms with Crippen molar-refractivity contribution in [1.29, 1.82) is 0 Å². The van der Waals surface area contributed by atoms with Crippen LogP contribution in [0, 0.1) is 6.92 Å². The molecule has 2 unspecified atom stereocenters. The zero-order valence-corrected chi connectivity index (χ0v) is 17.8. The number of hydrogen-bond donors (Lipinski definition) is 2. The Morgan fingerprint density at radius 1 is 1.11 bits per heavy atom. The summed E-state index contributed by atoms with van der Waals surface area (Å²) in [6.07, 6.45) is 1.77. The fourth-order valence-corrected chi connectivity index (χ4v) is 3.01. The van der Waals surface area contributed by atoms with Crippen molar-refractivity contribution in [2.45, 2.75) is 45.2 Å². The van der Waals surface area contributed by atoms with Crippen molar-refractivity contribution in [2.24, 2.45) is 5.73 Å². The van der Waals surface area contributed by atoms with Crippen molar-refractivity contribution in [3.05, 3.63) is 59.2 Å². The Morgan fingerprint density at radius 2 is 1.79 bits per heavy atom. The molecule has 2 atom stereocenters. The van der Waals surface area contributed by atoms with Gasteiger partial charge in [0.1, 0.15) is 0 Å². The van der Waals surface area contributed by atoms with Crippen molar-refractivity contribution in [3.63, 3.8) is 0 Å². The van der Waals surface area contributed by atoms with E-state index in [1.807, 2.05) is 37.3 Å². The van der Waals surface area contributed by atoms with Gasteiger partial charge in [-0.15, -0.1) is 12.4 Å². The number of methoxy groups -OCH3 is 2. The largest absolute Gasteiger partial charge is 0.493 e. The van der Waals surface area contributed by atoms with Crippen LogP contribution in [-0.4, -0.2) is 26.2 Å². The van der Waals surface area contributed by atoms with Gasteiger partial charge in [0.25, 0.3) is 0 Å². The molecule has 0 bridgehead atoms. The second kappa shape index (κ2) is 11.6. The van der Waals surface area contributed by atoms with E-state index in [1.165, 1.54) is 11.1 Å². The Bertz CT molecular complexity index is 765. The molecule has 2 aromatic carbocycles. The Balaban J connectivity index is 0.00000392. The van der Waals surface area contributed by atoms with E-state index in [4.69, 9.17) is 15.2 Å². The van der Waals surface area contributed by atoms with Crippen LogP contribution in [0.25, 0.3) is 0 Å². The Kier molecular flexibility index (Phi) is 9.83. The fraction of sp³-hybridized carbons (Fsp3) is 0.409. The third-order valence-electron chi connectivity index (χ3n) is 4.66. The first-order valence-corrected chi connectivity index (χ1v) is 9.26. The number of benzene rings is 2. The van der Waals surface area contributed by atoms with Crippen LogP contribution in [0.5, 0.6) is 11.5 Å². The number of carbonyl (C=O) groups excluding carboxylic acids is 1. The molecule has 3 N–H and O–H groups in total.